The number of para-hydroxylation sites is 1. The van der Waals surface area contributed by atoms with Crippen LogP contribution in [0.3, 0.4) is 0 Å². The monoisotopic (exact) mass is 402 g/mol. The predicted octanol–water partition coefficient (Wildman–Crippen LogP) is 5.38. The standard InChI is InChI=1S/C19H12ClFN2OS2/c1-22-10-11(13-4-2-3-5-16(13)22)8-17-18(24)23(19(25)26-17)12-6-7-15(21)14(20)9-12/h2-10H,1H3/b17-8-. The number of carbonyl (C=O) groups excluding carboxylic acids is 1. The number of rotatable bonds is 2. The Kier molecular flexibility index (Phi) is 4.34. The summed E-state index contributed by atoms with van der Waals surface area (Å²) in [6.07, 6.45) is 3.82. The molecule has 0 atom stereocenters. The zero-order chi connectivity index (χ0) is 18.4. The summed E-state index contributed by atoms with van der Waals surface area (Å²) in [5, 5.41) is 1.01. The molecule has 1 saturated heterocycles. The van der Waals surface area contributed by atoms with E-state index in [2.05, 4.69) is 0 Å². The van der Waals surface area contributed by atoms with Crippen molar-refractivity contribution in [1.29, 1.82) is 0 Å². The fourth-order valence-electron chi connectivity index (χ4n) is 2.94. The Hall–Kier alpha value is -2.15. The highest BCUT2D eigenvalue weighted by Gasteiger charge is 2.33. The van der Waals surface area contributed by atoms with Gasteiger partial charge in [0.05, 0.1) is 15.6 Å². The van der Waals surface area contributed by atoms with E-state index in [1.54, 1.807) is 0 Å². The highest BCUT2D eigenvalue weighted by atomic mass is 35.5. The van der Waals surface area contributed by atoms with E-state index in [1.165, 1.54) is 34.9 Å². The van der Waals surface area contributed by atoms with E-state index in [0.717, 1.165) is 16.5 Å². The van der Waals surface area contributed by atoms with Gasteiger partial charge in [0, 0.05) is 29.7 Å². The van der Waals surface area contributed by atoms with Crippen LogP contribution in [0.1, 0.15) is 5.56 Å². The van der Waals surface area contributed by atoms with Gasteiger partial charge in [-0.15, -0.1) is 0 Å². The first kappa shape index (κ1) is 17.3. The van der Waals surface area contributed by atoms with Crippen molar-refractivity contribution in [2.75, 3.05) is 4.90 Å². The molecule has 0 radical (unpaired) electrons. The average molecular weight is 403 g/mol. The van der Waals surface area contributed by atoms with Gasteiger partial charge in [-0.2, -0.15) is 0 Å². The number of thioether (sulfide) groups is 1. The Labute approximate surface area is 164 Å². The zero-order valence-electron chi connectivity index (χ0n) is 13.6. The van der Waals surface area contributed by atoms with E-state index in [0.29, 0.717) is 14.9 Å². The fourth-order valence-corrected chi connectivity index (χ4v) is 4.41. The molecule has 0 N–H and O–H groups in total. The molecule has 1 amide bonds. The molecule has 3 aromatic rings. The summed E-state index contributed by atoms with van der Waals surface area (Å²) in [5.41, 5.74) is 2.49. The van der Waals surface area contributed by atoms with E-state index >= 15 is 0 Å². The van der Waals surface area contributed by atoms with Crippen LogP contribution < -0.4 is 4.90 Å². The van der Waals surface area contributed by atoms with Crippen molar-refractivity contribution in [3.63, 3.8) is 0 Å². The second kappa shape index (κ2) is 6.54. The molecule has 4 rings (SSSR count). The summed E-state index contributed by atoms with van der Waals surface area (Å²) in [5.74, 6) is -0.775. The Morgan fingerprint density at radius 1 is 1.23 bits per heavy atom. The van der Waals surface area contributed by atoms with Crippen molar-refractivity contribution in [1.82, 2.24) is 4.57 Å². The minimum Gasteiger partial charge on any atom is -0.350 e. The number of thiocarbonyl (C=S) groups is 1. The van der Waals surface area contributed by atoms with Crippen LogP contribution in [0.5, 0.6) is 0 Å². The fraction of sp³-hybridized carbons (Fsp3) is 0.0526. The lowest BCUT2D eigenvalue weighted by atomic mass is 10.1. The predicted molar refractivity (Wildman–Crippen MR) is 110 cm³/mol. The number of fused-ring (bicyclic) bond motifs is 1. The molecule has 1 fully saturated rings. The first-order valence-electron chi connectivity index (χ1n) is 7.73. The van der Waals surface area contributed by atoms with E-state index in [4.69, 9.17) is 23.8 Å². The minimum atomic E-state index is -0.535. The topological polar surface area (TPSA) is 25.2 Å². The molecule has 0 aliphatic carbocycles. The van der Waals surface area contributed by atoms with Crippen LogP contribution in [0, 0.1) is 5.82 Å². The Bertz CT molecular complexity index is 1110. The smallest absolute Gasteiger partial charge is 0.270 e. The van der Waals surface area contributed by atoms with Gasteiger partial charge in [-0.3, -0.25) is 9.69 Å². The van der Waals surface area contributed by atoms with Crippen molar-refractivity contribution >= 4 is 68.5 Å². The van der Waals surface area contributed by atoms with Gasteiger partial charge >= 0.3 is 0 Å². The van der Waals surface area contributed by atoms with Crippen LogP contribution in [-0.4, -0.2) is 14.8 Å². The normalized spacial score (nSPS) is 16.3. The van der Waals surface area contributed by atoms with Gasteiger partial charge in [0.2, 0.25) is 0 Å². The molecule has 26 heavy (non-hydrogen) atoms. The molecule has 3 nitrogen and oxygen atoms in total. The Morgan fingerprint density at radius 2 is 2.00 bits per heavy atom. The maximum atomic E-state index is 13.4. The highest BCUT2D eigenvalue weighted by molar-refractivity contribution is 8.27. The molecule has 1 aliphatic heterocycles. The molecular weight excluding hydrogens is 391 g/mol. The minimum absolute atomic E-state index is 0.0467. The summed E-state index contributed by atoms with van der Waals surface area (Å²) < 4.78 is 15.8. The highest BCUT2D eigenvalue weighted by Crippen LogP contribution is 2.38. The quantitative estimate of drug-likeness (QED) is 0.425. The van der Waals surface area contributed by atoms with Crippen LogP contribution in [0.4, 0.5) is 10.1 Å². The second-order valence-corrected chi connectivity index (χ2v) is 7.91. The number of anilines is 1. The summed E-state index contributed by atoms with van der Waals surface area (Å²) in [6, 6.07) is 12.1. The number of halogens is 2. The van der Waals surface area contributed by atoms with Gasteiger partial charge in [0.1, 0.15) is 5.82 Å². The molecule has 1 aromatic heterocycles. The lowest BCUT2D eigenvalue weighted by Gasteiger charge is -2.14. The SMILES string of the molecule is Cn1cc(/C=C2\SC(=S)N(c3ccc(F)c(Cl)c3)C2=O)c2ccccc21. The van der Waals surface area contributed by atoms with Gasteiger partial charge in [0.15, 0.2) is 4.32 Å². The van der Waals surface area contributed by atoms with Crippen molar-refractivity contribution in [2.45, 2.75) is 0 Å². The van der Waals surface area contributed by atoms with Gasteiger partial charge < -0.3 is 4.57 Å². The number of hydrogen-bond donors (Lipinski definition) is 0. The number of aryl methyl sites for hydroxylation is 1. The number of carbonyl (C=O) groups is 1. The molecule has 130 valence electrons. The molecular formula is C19H12ClFN2OS2. The van der Waals surface area contributed by atoms with Gasteiger partial charge in [-0.1, -0.05) is 53.8 Å². The first-order valence-corrected chi connectivity index (χ1v) is 9.33. The third-order valence-corrected chi connectivity index (χ3v) is 5.76. The van der Waals surface area contributed by atoms with E-state index in [1.807, 2.05) is 48.2 Å². The lowest BCUT2D eigenvalue weighted by molar-refractivity contribution is -0.113. The van der Waals surface area contributed by atoms with Crippen molar-refractivity contribution in [3.8, 4) is 0 Å². The maximum Gasteiger partial charge on any atom is 0.270 e. The van der Waals surface area contributed by atoms with Crippen LogP contribution in [0.2, 0.25) is 5.02 Å². The number of amides is 1. The summed E-state index contributed by atoms with van der Waals surface area (Å²) >= 11 is 12.4. The second-order valence-electron chi connectivity index (χ2n) is 5.83. The molecule has 7 heteroatoms. The van der Waals surface area contributed by atoms with E-state index in [9.17, 15) is 9.18 Å². The largest absolute Gasteiger partial charge is 0.350 e. The van der Waals surface area contributed by atoms with E-state index in [-0.39, 0.29) is 10.9 Å². The van der Waals surface area contributed by atoms with Gasteiger partial charge in [-0.25, -0.2) is 4.39 Å². The van der Waals surface area contributed by atoms with Crippen LogP contribution in [0.15, 0.2) is 53.6 Å². The summed E-state index contributed by atoms with van der Waals surface area (Å²) in [4.78, 5) is 14.8. The first-order chi connectivity index (χ1) is 12.5. The molecule has 0 spiro atoms. The average Bonchev–Trinajstić information content (AvgIpc) is 3.08. The molecule has 2 aromatic carbocycles. The summed E-state index contributed by atoms with van der Waals surface area (Å²) in [7, 11) is 1.96. The summed E-state index contributed by atoms with van der Waals surface area (Å²) in [6.45, 7) is 0. The van der Waals surface area contributed by atoms with Crippen molar-refractivity contribution < 1.29 is 9.18 Å². The Balaban J connectivity index is 1.74. The third kappa shape index (κ3) is 2.84. The van der Waals surface area contributed by atoms with Crippen molar-refractivity contribution in [2.24, 2.45) is 7.05 Å². The molecule has 1 aliphatic rings. The number of benzene rings is 2. The van der Waals surface area contributed by atoms with Crippen LogP contribution in [0.25, 0.3) is 17.0 Å². The molecule has 0 bridgehead atoms. The number of nitrogens with zero attached hydrogens (tertiary/aromatic N) is 2. The van der Waals surface area contributed by atoms with Crippen LogP contribution in [-0.2, 0) is 11.8 Å². The van der Waals surface area contributed by atoms with E-state index < -0.39 is 5.82 Å². The zero-order valence-corrected chi connectivity index (χ0v) is 16.0. The Morgan fingerprint density at radius 3 is 2.77 bits per heavy atom. The van der Waals surface area contributed by atoms with Crippen molar-refractivity contribution in [3.05, 3.63) is 70.0 Å². The lowest BCUT2D eigenvalue weighted by Crippen LogP contribution is -2.27. The van der Waals surface area contributed by atoms with Gasteiger partial charge in [0.25, 0.3) is 5.91 Å². The molecule has 0 saturated carbocycles. The molecule has 0 unspecified atom stereocenters. The molecule has 2 heterocycles. The van der Waals surface area contributed by atoms with Crippen LogP contribution >= 0.6 is 35.6 Å². The number of hydrogen-bond acceptors (Lipinski definition) is 3. The number of aromatic nitrogens is 1. The van der Waals surface area contributed by atoms with Gasteiger partial charge in [-0.05, 0) is 30.3 Å². The third-order valence-electron chi connectivity index (χ3n) is 4.17. The maximum absolute atomic E-state index is 13.4.